The van der Waals surface area contributed by atoms with Crippen molar-refractivity contribution in [3.05, 3.63) is 72.8 Å². The lowest BCUT2D eigenvalue weighted by Gasteiger charge is -2.57. The third-order valence-electron chi connectivity index (χ3n) is 12.2. The molecule has 3 N–H and O–H groups in total. The highest BCUT2D eigenvalue weighted by Crippen LogP contribution is 2.51. The summed E-state index contributed by atoms with van der Waals surface area (Å²) in [7, 11) is 0. The van der Waals surface area contributed by atoms with Crippen molar-refractivity contribution < 1.29 is 4.79 Å². The van der Waals surface area contributed by atoms with Gasteiger partial charge in [-0.05, 0) is 86.9 Å². The van der Waals surface area contributed by atoms with Gasteiger partial charge in [0, 0.05) is 74.8 Å². The molecule has 2 aliphatic carbocycles. The molecule has 2 aromatic carbocycles. The van der Waals surface area contributed by atoms with Crippen LogP contribution in [0.15, 0.2) is 67.3 Å². The molecule has 2 aromatic heterocycles. The van der Waals surface area contributed by atoms with Gasteiger partial charge < -0.3 is 25.4 Å². The molecule has 3 saturated heterocycles. The molecule has 5 aliphatic rings. The van der Waals surface area contributed by atoms with Crippen molar-refractivity contribution in [3.8, 4) is 0 Å². The molecule has 9 rings (SSSR count). The molecule has 5 heterocycles. The van der Waals surface area contributed by atoms with Gasteiger partial charge in [-0.1, -0.05) is 30.3 Å². The zero-order valence-electron chi connectivity index (χ0n) is 28.7. The monoisotopic (exact) mass is 696 g/mol. The van der Waals surface area contributed by atoms with Gasteiger partial charge in [-0.2, -0.15) is 0 Å². The second-order valence-electron chi connectivity index (χ2n) is 15.2. The number of hydrogen-bond donors (Lipinski definition) is 3. The van der Waals surface area contributed by atoms with Gasteiger partial charge in [-0.25, -0.2) is 15.0 Å². The number of anilines is 3. The fourth-order valence-corrected chi connectivity index (χ4v) is 8.94. The number of piperidine rings is 1. The maximum Gasteiger partial charge on any atom is 0.224 e. The normalized spacial score (nSPS) is 24.2. The molecule has 0 bridgehead atoms. The van der Waals surface area contributed by atoms with E-state index < -0.39 is 0 Å². The Kier molecular flexibility index (Phi) is 9.41. The van der Waals surface area contributed by atoms with Gasteiger partial charge in [0.05, 0.1) is 12.7 Å². The lowest BCUT2D eigenvalue weighted by Crippen LogP contribution is -2.62. The highest BCUT2D eigenvalue weighted by molar-refractivity contribution is 5.86. The van der Waals surface area contributed by atoms with Crippen LogP contribution in [0.2, 0.25) is 0 Å². The van der Waals surface area contributed by atoms with Crippen molar-refractivity contribution in [1.82, 2.24) is 40.0 Å². The molecular formula is C38H49ClN10O. The Morgan fingerprint density at radius 2 is 1.54 bits per heavy atom. The van der Waals surface area contributed by atoms with E-state index in [4.69, 9.17) is 4.98 Å². The average molecular weight is 697 g/mol. The van der Waals surface area contributed by atoms with Gasteiger partial charge in [0.15, 0.2) is 17.0 Å². The highest BCUT2D eigenvalue weighted by atomic mass is 35.5. The zero-order chi connectivity index (χ0) is 32.8. The summed E-state index contributed by atoms with van der Waals surface area (Å²) in [6, 6.07) is 20.6. The van der Waals surface area contributed by atoms with Crippen LogP contribution in [-0.4, -0.2) is 106 Å². The van der Waals surface area contributed by atoms with Crippen LogP contribution in [0.1, 0.15) is 50.1 Å². The van der Waals surface area contributed by atoms with E-state index in [-0.39, 0.29) is 30.4 Å². The summed E-state index contributed by atoms with van der Waals surface area (Å²) >= 11 is 0. The fraction of sp³-hybridized carbons (Fsp3) is 0.526. The molecule has 3 aliphatic heterocycles. The van der Waals surface area contributed by atoms with Crippen LogP contribution in [0.5, 0.6) is 0 Å². The number of carbonyl (C=O) groups excluding carboxylic acids is 1. The summed E-state index contributed by atoms with van der Waals surface area (Å²) in [5.74, 6) is 0.781. The number of rotatable bonds is 9. The number of likely N-dealkylation sites (tertiary alicyclic amines) is 1. The number of halogens is 1. The number of imidazole rings is 1. The summed E-state index contributed by atoms with van der Waals surface area (Å²) in [5, 5.41) is 10.1. The van der Waals surface area contributed by atoms with E-state index in [0.717, 1.165) is 73.5 Å². The van der Waals surface area contributed by atoms with E-state index in [1.807, 2.05) is 36.7 Å². The van der Waals surface area contributed by atoms with E-state index in [1.54, 1.807) is 6.33 Å². The first-order valence-corrected chi connectivity index (χ1v) is 18.4. The van der Waals surface area contributed by atoms with Crippen molar-refractivity contribution in [2.45, 2.75) is 69.1 Å². The van der Waals surface area contributed by atoms with Gasteiger partial charge in [0.2, 0.25) is 5.91 Å². The highest BCUT2D eigenvalue weighted by Gasteiger charge is 2.48. The molecule has 5 fully saturated rings. The lowest BCUT2D eigenvalue weighted by atomic mass is 9.59. The van der Waals surface area contributed by atoms with Crippen LogP contribution < -0.4 is 20.9 Å². The van der Waals surface area contributed by atoms with Crippen LogP contribution in [-0.2, 0) is 11.2 Å². The van der Waals surface area contributed by atoms with E-state index in [9.17, 15) is 4.79 Å². The number of fused-ring (bicyclic) bond motifs is 1. The summed E-state index contributed by atoms with van der Waals surface area (Å²) < 4.78 is 2.13. The number of hydrogen-bond acceptors (Lipinski definition) is 9. The summed E-state index contributed by atoms with van der Waals surface area (Å²) in [6.45, 7) is 9.48. The maximum absolute atomic E-state index is 12.5. The second kappa shape index (κ2) is 14.1. The number of benzene rings is 2. The number of nitrogens with zero attached hydrogens (tertiary/aromatic N) is 7. The second-order valence-corrected chi connectivity index (χ2v) is 15.2. The molecule has 1 amide bonds. The van der Waals surface area contributed by atoms with Crippen molar-refractivity contribution in [2.24, 2.45) is 5.41 Å². The molecule has 12 heteroatoms. The molecule has 0 unspecified atom stereocenters. The van der Waals surface area contributed by atoms with Crippen molar-refractivity contribution >= 4 is 46.7 Å². The predicted molar refractivity (Wildman–Crippen MR) is 199 cm³/mol. The van der Waals surface area contributed by atoms with Crippen LogP contribution in [0.4, 0.5) is 17.2 Å². The van der Waals surface area contributed by atoms with E-state index in [0.29, 0.717) is 17.7 Å². The molecule has 0 radical (unpaired) electrons. The smallest absolute Gasteiger partial charge is 0.224 e. The third-order valence-corrected chi connectivity index (χ3v) is 12.2. The van der Waals surface area contributed by atoms with Crippen LogP contribution >= 0.6 is 12.4 Å². The Labute approximate surface area is 300 Å². The standard InChI is InChI=1S/C38H48N10O.ClH/c49-34(18-27-4-2-1-3-5-27)43-29-19-31(20-29)48-26-42-35-36(40-25-41-37(35)48)44-28-6-8-30(9-7-28)46-14-16-47(17-15-46)32-21-38(22-32)10-12-45(13-11-38)33-23-39-24-33;/h1-9,25-26,29,31-33,39H,10-24H2,(H,43,49)(H,40,41,44);1H. The van der Waals surface area contributed by atoms with E-state index in [1.165, 1.54) is 57.5 Å². The number of carbonyl (C=O) groups is 1. The first-order valence-electron chi connectivity index (χ1n) is 18.4. The van der Waals surface area contributed by atoms with E-state index in [2.05, 4.69) is 69.5 Å². The summed E-state index contributed by atoms with van der Waals surface area (Å²) in [4.78, 5) is 34.4. The lowest BCUT2D eigenvalue weighted by molar-refractivity contribution is -0.121. The molecular weight excluding hydrogens is 648 g/mol. The number of amides is 1. The van der Waals surface area contributed by atoms with Gasteiger partial charge in [0.1, 0.15) is 6.33 Å². The Morgan fingerprint density at radius 3 is 2.24 bits per heavy atom. The molecule has 11 nitrogen and oxygen atoms in total. The van der Waals surface area contributed by atoms with Crippen molar-refractivity contribution in [3.63, 3.8) is 0 Å². The van der Waals surface area contributed by atoms with Crippen molar-refractivity contribution in [2.75, 3.05) is 62.6 Å². The maximum atomic E-state index is 12.5. The molecule has 50 heavy (non-hydrogen) atoms. The average Bonchev–Trinajstić information content (AvgIpc) is 3.50. The SMILES string of the molecule is Cl.O=C(Cc1ccccc1)NC1CC(n2cnc3c(Nc4ccc(N5CCN(C6CC7(CCN(C8CNC8)CC7)C6)CC5)cc4)ncnc32)C1. The number of piperazine rings is 1. The Morgan fingerprint density at radius 1 is 0.820 bits per heavy atom. The van der Waals surface area contributed by atoms with Gasteiger partial charge in [0.25, 0.3) is 0 Å². The van der Waals surface area contributed by atoms with Gasteiger partial charge >= 0.3 is 0 Å². The summed E-state index contributed by atoms with van der Waals surface area (Å²) in [6.07, 6.45) is 11.2. The first-order chi connectivity index (χ1) is 24.1. The zero-order valence-corrected chi connectivity index (χ0v) is 29.5. The van der Waals surface area contributed by atoms with Gasteiger partial charge in [-0.15, -0.1) is 12.4 Å². The number of nitrogens with one attached hydrogen (secondary N) is 3. The largest absolute Gasteiger partial charge is 0.369 e. The minimum absolute atomic E-state index is 0. The molecule has 1 spiro atoms. The van der Waals surface area contributed by atoms with Crippen molar-refractivity contribution in [1.29, 1.82) is 0 Å². The minimum Gasteiger partial charge on any atom is -0.369 e. The van der Waals surface area contributed by atoms with Gasteiger partial charge in [-0.3, -0.25) is 14.6 Å². The minimum atomic E-state index is 0. The van der Waals surface area contributed by atoms with Crippen LogP contribution in [0.3, 0.4) is 0 Å². The molecule has 264 valence electrons. The number of aromatic nitrogens is 4. The topological polar surface area (TPSA) is 106 Å². The quantitative estimate of drug-likeness (QED) is 0.235. The molecule has 4 aromatic rings. The predicted octanol–water partition coefficient (Wildman–Crippen LogP) is 4.39. The third kappa shape index (κ3) is 6.68. The Balaban J connectivity index is 0.00000361. The van der Waals surface area contributed by atoms with E-state index >= 15 is 0 Å². The van der Waals surface area contributed by atoms with Crippen LogP contribution in [0.25, 0.3) is 11.2 Å². The Hall–Kier alpha value is -3.77. The fourth-order valence-electron chi connectivity index (χ4n) is 8.94. The molecule has 0 atom stereocenters. The first kappa shape index (κ1) is 33.4. The molecule has 2 saturated carbocycles. The van der Waals surface area contributed by atoms with Crippen LogP contribution in [0, 0.1) is 5.41 Å². The summed E-state index contributed by atoms with van der Waals surface area (Å²) in [5.41, 5.74) is 5.51. The Bertz CT molecular complexity index is 1750.